The molecule has 0 aromatic carbocycles. The molecule has 0 fully saturated rings. The average Bonchev–Trinajstić information content (AvgIpc) is 2.91. The Hall–Kier alpha value is -1.89. The summed E-state index contributed by atoms with van der Waals surface area (Å²) in [6, 6.07) is 3.52. The molecule has 0 bridgehead atoms. The maximum Gasteiger partial charge on any atom is 0.303 e. The highest BCUT2D eigenvalue weighted by Gasteiger charge is 2.07. The molecular formula is C13H18N2O4S. The molecule has 7 heteroatoms. The molecule has 6 nitrogen and oxygen atoms in total. The van der Waals surface area contributed by atoms with Crippen LogP contribution in [0.2, 0.25) is 0 Å². The zero-order chi connectivity index (χ0) is 14.8. The van der Waals surface area contributed by atoms with E-state index in [4.69, 9.17) is 5.11 Å². The maximum atomic E-state index is 11.6. The lowest BCUT2D eigenvalue weighted by molar-refractivity contribution is -0.137. The zero-order valence-electron chi connectivity index (χ0n) is 11.1. The van der Waals surface area contributed by atoms with E-state index in [0.29, 0.717) is 24.3 Å². The van der Waals surface area contributed by atoms with Crippen LogP contribution in [0.25, 0.3) is 0 Å². The van der Waals surface area contributed by atoms with Gasteiger partial charge in [0.05, 0.1) is 4.88 Å². The summed E-state index contributed by atoms with van der Waals surface area (Å²) < 4.78 is 0. The lowest BCUT2D eigenvalue weighted by Gasteiger charge is -2.05. The Morgan fingerprint density at radius 3 is 2.55 bits per heavy atom. The molecule has 0 saturated heterocycles. The molecule has 0 atom stereocenters. The van der Waals surface area contributed by atoms with Crippen LogP contribution in [0.15, 0.2) is 17.5 Å². The normalized spacial score (nSPS) is 10.0. The number of carbonyl (C=O) groups excluding carboxylic acids is 2. The van der Waals surface area contributed by atoms with Crippen LogP contribution >= 0.6 is 11.3 Å². The first-order valence-corrected chi connectivity index (χ1v) is 7.28. The molecule has 20 heavy (non-hydrogen) atoms. The summed E-state index contributed by atoms with van der Waals surface area (Å²) in [4.78, 5) is 33.9. The minimum Gasteiger partial charge on any atom is -0.481 e. The first-order chi connectivity index (χ1) is 9.59. The molecule has 0 aliphatic carbocycles. The van der Waals surface area contributed by atoms with Crippen molar-refractivity contribution in [2.24, 2.45) is 0 Å². The number of carboxylic acid groups (broad SMARTS) is 1. The van der Waals surface area contributed by atoms with E-state index in [1.807, 2.05) is 5.38 Å². The van der Waals surface area contributed by atoms with Gasteiger partial charge in [0.25, 0.3) is 5.91 Å². The minimum atomic E-state index is -0.826. The Morgan fingerprint density at radius 2 is 1.90 bits per heavy atom. The van der Waals surface area contributed by atoms with Crippen LogP contribution < -0.4 is 10.6 Å². The fraction of sp³-hybridized carbons (Fsp3) is 0.462. The standard InChI is InChI=1S/C13H18N2O4S/c16-11(14-7-2-1-5-12(17)18)6-8-15-13(19)10-4-3-9-20-10/h3-4,9H,1-2,5-8H2,(H,14,16)(H,15,19)(H,17,18). The molecule has 1 aromatic rings. The van der Waals surface area contributed by atoms with Gasteiger partial charge in [-0.15, -0.1) is 11.3 Å². The van der Waals surface area contributed by atoms with Gasteiger partial charge < -0.3 is 15.7 Å². The van der Waals surface area contributed by atoms with E-state index < -0.39 is 5.97 Å². The Labute approximate surface area is 121 Å². The van der Waals surface area contributed by atoms with Gasteiger partial charge in [-0.05, 0) is 24.3 Å². The first kappa shape index (κ1) is 16.2. The second-order valence-corrected chi connectivity index (χ2v) is 5.13. The van der Waals surface area contributed by atoms with Gasteiger partial charge in [0.1, 0.15) is 0 Å². The van der Waals surface area contributed by atoms with Crippen molar-refractivity contribution in [3.63, 3.8) is 0 Å². The van der Waals surface area contributed by atoms with Crippen molar-refractivity contribution in [2.75, 3.05) is 13.1 Å². The lowest BCUT2D eigenvalue weighted by atomic mass is 10.2. The molecule has 1 rings (SSSR count). The van der Waals surface area contributed by atoms with Crippen LogP contribution in [0.4, 0.5) is 0 Å². The summed E-state index contributed by atoms with van der Waals surface area (Å²) in [5, 5.41) is 15.6. The number of unbranched alkanes of at least 4 members (excludes halogenated alkanes) is 1. The molecule has 0 saturated carbocycles. The predicted molar refractivity (Wildman–Crippen MR) is 75.8 cm³/mol. The topological polar surface area (TPSA) is 95.5 Å². The Bertz CT molecular complexity index is 445. The summed E-state index contributed by atoms with van der Waals surface area (Å²) in [7, 11) is 0. The van der Waals surface area contributed by atoms with Crippen LogP contribution in [-0.2, 0) is 9.59 Å². The van der Waals surface area contributed by atoms with Crippen LogP contribution in [0.3, 0.4) is 0 Å². The molecule has 1 aromatic heterocycles. The Kier molecular flexibility index (Phi) is 7.34. The predicted octanol–water partition coefficient (Wildman–Crippen LogP) is 1.24. The van der Waals surface area contributed by atoms with Crippen LogP contribution in [0.5, 0.6) is 0 Å². The number of carboxylic acids is 1. The monoisotopic (exact) mass is 298 g/mol. The number of thiophene rings is 1. The third-order valence-corrected chi connectivity index (χ3v) is 3.39. The summed E-state index contributed by atoms with van der Waals surface area (Å²) >= 11 is 1.35. The smallest absolute Gasteiger partial charge is 0.303 e. The third-order valence-electron chi connectivity index (χ3n) is 2.52. The summed E-state index contributed by atoms with van der Waals surface area (Å²) in [6.45, 7) is 0.753. The van der Waals surface area contributed by atoms with Crippen molar-refractivity contribution >= 4 is 29.1 Å². The number of hydrogen-bond donors (Lipinski definition) is 3. The molecule has 1 heterocycles. The van der Waals surface area contributed by atoms with E-state index in [-0.39, 0.29) is 31.2 Å². The van der Waals surface area contributed by atoms with Gasteiger partial charge in [-0.2, -0.15) is 0 Å². The number of hydrogen-bond acceptors (Lipinski definition) is 4. The molecule has 0 unspecified atom stereocenters. The lowest BCUT2D eigenvalue weighted by Crippen LogP contribution is -2.30. The van der Waals surface area contributed by atoms with Crippen LogP contribution in [-0.4, -0.2) is 36.0 Å². The van der Waals surface area contributed by atoms with Gasteiger partial charge in [0.2, 0.25) is 5.91 Å². The molecule has 0 aliphatic rings. The average molecular weight is 298 g/mol. The molecule has 0 spiro atoms. The van der Waals surface area contributed by atoms with Gasteiger partial charge >= 0.3 is 5.97 Å². The fourth-order valence-corrected chi connectivity index (χ4v) is 2.14. The van der Waals surface area contributed by atoms with Crippen molar-refractivity contribution in [1.82, 2.24) is 10.6 Å². The first-order valence-electron chi connectivity index (χ1n) is 6.40. The number of amides is 2. The molecule has 3 N–H and O–H groups in total. The van der Waals surface area contributed by atoms with Gasteiger partial charge in [0.15, 0.2) is 0 Å². The molecule has 110 valence electrons. The molecule has 2 amide bonds. The van der Waals surface area contributed by atoms with E-state index in [0.717, 1.165) is 0 Å². The van der Waals surface area contributed by atoms with E-state index in [9.17, 15) is 14.4 Å². The number of rotatable bonds is 9. The van der Waals surface area contributed by atoms with Gasteiger partial charge in [-0.25, -0.2) is 0 Å². The minimum absolute atomic E-state index is 0.118. The van der Waals surface area contributed by atoms with Crippen molar-refractivity contribution in [3.8, 4) is 0 Å². The van der Waals surface area contributed by atoms with Crippen molar-refractivity contribution in [2.45, 2.75) is 25.7 Å². The van der Waals surface area contributed by atoms with E-state index in [1.165, 1.54) is 11.3 Å². The second kappa shape index (κ2) is 9.08. The van der Waals surface area contributed by atoms with Crippen molar-refractivity contribution in [3.05, 3.63) is 22.4 Å². The number of nitrogens with one attached hydrogen (secondary N) is 2. The zero-order valence-corrected chi connectivity index (χ0v) is 11.9. The van der Waals surface area contributed by atoms with Crippen molar-refractivity contribution < 1.29 is 19.5 Å². The summed E-state index contributed by atoms with van der Waals surface area (Å²) in [5.74, 6) is -1.14. The van der Waals surface area contributed by atoms with E-state index >= 15 is 0 Å². The summed E-state index contributed by atoms with van der Waals surface area (Å²) in [6.07, 6.45) is 1.52. The van der Waals surface area contributed by atoms with Crippen LogP contribution in [0.1, 0.15) is 35.4 Å². The highest BCUT2D eigenvalue weighted by Crippen LogP contribution is 2.07. The second-order valence-electron chi connectivity index (χ2n) is 4.18. The number of carbonyl (C=O) groups is 3. The molecular weight excluding hydrogens is 280 g/mol. The van der Waals surface area contributed by atoms with E-state index in [2.05, 4.69) is 10.6 Å². The van der Waals surface area contributed by atoms with Gasteiger partial charge in [0, 0.05) is 25.9 Å². The quantitative estimate of drug-likeness (QED) is 0.598. The molecule has 0 radical (unpaired) electrons. The van der Waals surface area contributed by atoms with Crippen LogP contribution in [0, 0.1) is 0 Å². The number of aliphatic carboxylic acids is 1. The SMILES string of the molecule is O=C(O)CCCCNC(=O)CCNC(=O)c1cccs1. The van der Waals surface area contributed by atoms with E-state index in [1.54, 1.807) is 12.1 Å². The molecule has 0 aliphatic heterocycles. The Morgan fingerprint density at radius 1 is 1.10 bits per heavy atom. The van der Waals surface area contributed by atoms with Gasteiger partial charge in [-0.1, -0.05) is 6.07 Å². The summed E-state index contributed by atoms with van der Waals surface area (Å²) in [5.41, 5.74) is 0. The highest BCUT2D eigenvalue weighted by atomic mass is 32.1. The largest absolute Gasteiger partial charge is 0.481 e. The highest BCUT2D eigenvalue weighted by molar-refractivity contribution is 7.12. The van der Waals surface area contributed by atoms with Gasteiger partial charge in [-0.3, -0.25) is 14.4 Å². The third kappa shape index (κ3) is 6.89. The van der Waals surface area contributed by atoms with Crippen molar-refractivity contribution in [1.29, 1.82) is 0 Å². The fourth-order valence-electron chi connectivity index (χ4n) is 1.50. The Balaban J connectivity index is 2.03. The maximum absolute atomic E-state index is 11.6.